The van der Waals surface area contributed by atoms with Gasteiger partial charge in [0.25, 0.3) is 0 Å². The Bertz CT molecular complexity index is 1500. The van der Waals surface area contributed by atoms with Gasteiger partial charge in [0.2, 0.25) is 10.0 Å². The Labute approximate surface area is 263 Å². The molecule has 0 fully saturated rings. The Hall–Kier alpha value is -3.11. The SMILES string of the molecule is Cc1c(C)c(S(=O)(=O)N(CCNC(=O)OC(C)(C)C)CC(=O)OCc2ccccc2)c(C)c2c1OC(C)(C)C(C)(C)C2(C)C. The lowest BCUT2D eigenvalue weighted by Gasteiger charge is -2.57. The maximum absolute atomic E-state index is 14.6. The van der Waals surface area contributed by atoms with Gasteiger partial charge in [-0.15, -0.1) is 0 Å². The van der Waals surface area contributed by atoms with Crippen molar-refractivity contribution < 1.29 is 32.2 Å². The molecule has 44 heavy (non-hydrogen) atoms. The lowest BCUT2D eigenvalue weighted by atomic mass is 9.55. The van der Waals surface area contributed by atoms with Crippen LogP contribution in [0.4, 0.5) is 4.79 Å². The van der Waals surface area contributed by atoms with Crippen LogP contribution in [0.15, 0.2) is 35.2 Å². The molecule has 0 atom stereocenters. The molecule has 0 radical (unpaired) electrons. The van der Waals surface area contributed by atoms with Crippen LogP contribution >= 0.6 is 0 Å². The van der Waals surface area contributed by atoms with Crippen molar-refractivity contribution in [1.29, 1.82) is 0 Å². The molecule has 1 aliphatic heterocycles. The van der Waals surface area contributed by atoms with Crippen molar-refractivity contribution >= 4 is 22.1 Å². The number of sulfonamides is 1. The van der Waals surface area contributed by atoms with E-state index in [2.05, 4.69) is 46.9 Å². The number of carbonyl (C=O) groups excluding carboxylic acids is 2. The second-order valence-corrected chi connectivity index (χ2v) is 16.1. The highest BCUT2D eigenvalue weighted by Crippen LogP contribution is 2.59. The van der Waals surface area contributed by atoms with E-state index in [4.69, 9.17) is 14.2 Å². The summed E-state index contributed by atoms with van der Waals surface area (Å²) in [4.78, 5) is 25.5. The van der Waals surface area contributed by atoms with Crippen LogP contribution in [-0.2, 0) is 36.3 Å². The zero-order valence-corrected chi connectivity index (χ0v) is 29.2. The molecule has 0 saturated heterocycles. The van der Waals surface area contributed by atoms with E-state index in [1.807, 2.05) is 44.2 Å². The average Bonchev–Trinajstić information content (AvgIpc) is 2.88. The van der Waals surface area contributed by atoms with Crippen molar-refractivity contribution in [2.45, 2.75) is 111 Å². The Balaban J connectivity index is 2.05. The first kappa shape index (κ1) is 35.4. The van der Waals surface area contributed by atoms with Gasteiger partial charge in [0.05, 0.1) is 4.90 Å². The standard InChI is InChI=1S/C34H50N2O7S/c1-22-23(2)29(24(3)27-28(22)42-34(11,12)33(9,10)32(27,7)8)44(39,40)36(19-18-35-30(38)43-31(4,5)6)20-26(37)41-21-25-16-14-13-15-17-25/h13-17H,18-21H2,1-12H3,(H,35,38). The van der Waals surface area contributed by atoms with Crippen LogP contribution in [0.1, 0.15) is 90.1 Å². The summed E-state index contributed by atoms with van der Waals surface area (Å²) >= 11 is 0. The van der Waals surface area contributed by atoms with Gasteiger partial charge in [0.15, 0.2) is 0 Å². The van der Waals surface area contributed by atoms with E-state index >= 15 is 0 Å². The van der Waals surface area contributed by atoms with Crippen molar-refractivity contribution in [1.82, 2.24) is 9.62 Å². The number of ether oxygens (including phenoxy) is 3. The van der Waals surface area contributed by atoms with Gasteiger partial charge in [0, 0.05) is 29.5 Å². The number of fused-ring (bicyclic) bond motifs is 1. The van der Waals surface area contributed by atoms with E-state index in [9.17, 15) is 18.0 Å². The maximum Gasteiger partial charge on any atom is 0.407 e. The van der Waals surface area contributed by atoms with E-state index in [1.54, 1.807) is 27.7 Å². The molecule has 1 aliphatic rings. The van der Waals surface area contributed by atoms with Gasteiger partial charge < -0.3 is 19.5 Å². The van der Waals surface area contributed by atoms with Crippen molar-refractivity contribution in [2.24, 2.45) is 5.41 Å². The largest absolute Gasteiger partial charge is 0.487 e. The Kier molecular flexibility index (Phi) is 9.93. The molecular weight excluding hydrogens is 580 g/mol. The van der Waals surface area contributed by atoms with Gasteiger partial charge in [0.1, 0.15) is 30.1 Å². The number of alkyl carbamates (subject to hydrolysis) is 1. The van der Waals surface area contributed by atoms with E-state index in [-0.39, 0.29) is 30.0 Å². The molecule has 0 aliphatic carbocycles. The number of esters is 1. The molecule has 2 aromatic carbocycles. The summed E-state index contributed by atoms with van der Waals surface area (Å²) < 4.78 is 47.6. The number of benzene rings is 2. The summed E-state index contributed by atoms with van der Waals surface area (Å²) in [6, 6.07) is 9.17. The smallest absolute Gasteiger partial charge is 0.407 e. The Morgan fingerprint density at radius 2 is 1.52 bits per heavy atom. The molecule has 0 saturated carbocycles. The molecule has 1 N–H and O–H groups in total. The molecule has 0 unspecified atom stereocenters. The maximum atomic E-state index is 14.6. The zero-order chi connectivity index (χ0) is 33.5. The second-order valence-electron chi connectivity index (χ2n) is 14.2. The van der Waals surface area contributed by atoms with Crippen LogP contribution in [0, 0.1) is 26.2 Å². The molecule has 0 bridgehead atoms. The summed E-state index contributed by atoms with van der Waals surface area (Å²) in [6.45, 7) is 22.5. The summed E-state index contributed by atoms with van der Waals surface area (Å²) in [5.41, 5.74) is 1.43. The van der Waals surface area contributed by atoms with Gasteiger partial charge in [-0.1, -0.05) is 58.0 Å². The van der Waals surface area contributed by atoms with Crippen LogP contribution in [-0.4, -0.2) is 55.6 Å². The van der Waals surface area contributed by atoms with Crippen LogP contribution < -0.4 is 10.1 Å². The number of nitrogens with zero attached hydrogens (tertiary/aromatic N) is 1. The number of rotatable bonds is 9. The van der Waals surface area contributed by atoms with Gasteiger partial charge >= 0.3 is 12.1 Å². The number of carbonyl (C=O) groups is 2. The van der Waals surface area contributed by atoms with Crippen LogP contribution in [0.25, 0.3) is 0 Å². The van der Waals surface area contributed by atoms with Crippen molar-refractivity contribution in [3.63, 3.8) is 0 Å². The third-order valence-corrected chi connectivity index (χ3v) is 11.5. The highest BCUT2D eigenvalue weighted by molar-refractivity contribution is 7.89. The van der Waals surface area contributed by atoms with Gasteiger partial charge in [-0.25, -0.2) is 13.2 Å². The van der Waals surface area contributed by atoms with Crippen molar-refractivity contribution in [3.05, 3.63) is 58.1 Å². The molecule has 3 rings (SSSR count). The molecular formula is C34H50N2O7S. The molecule has 0 aromatic heterocycles. The van der Waals surface area contributed by atoms with Gasteiger partial charge in [-0.3, -0.25) is 4.79 Å². The lowest BCUT2D eigenvalue weighted by Crippen LogP contribution is -2.58. The summed E-state index contributed by atoms with van der Waals surface area (Å²) in [5.74, 6) is -0.0000755. The van der Waals surface area contributed by atoms with Gasteiger partial charge in [-0.2, -0.15) is 4.31 Å². The highest BCUT2D eigenvalue weighted by atomic mass is 32.2. The quantitative estimate of drug-likeness (QED) is 0.322. The average molecular weight is 631 g/mol. The zero-order valence-electron chi connectivity index (χ0n) is 28.4. The van der Waals surface area contributed by atoms with Crippen LogP contribution in [0.5, 0.6) is 5.75 Å². The van der Waals surface area contributed by atoms with Crippen molar-refractivity contribution in [2.75, 3.05) is 19.6 Å². The van der Waals surface area contributed by atoms with Crippen LogP contribution in [0.2, 0.25) is 0 Å². The second kappa shape index (κ2) is 12.4. The first-order valence-electron chi connectivity index (χ1n) is 15.0. The first-order valence-corrected chi connectivity index (χ1v) is 16.5. The normalized spacial score (nSPS) is 16.9. The summed E-state index contributed by atoms with van der Waals surface area (Å²) in [6.07, 6.45) is -0.678. The predicted octanol–water partition coefficient (Wildman–Crippen LogP) is 6.35. The third-order valence-electron chi connectivity index (χ3n) is 9.41. The highest BCUT2D eigenvalue weighted by Gasteiger charge is 2.56. The minimum absolute atomic E-state index is 0.0100. The topological polar surface area (TPSA) is 111 Å². The molecule has 1 amide bonds. The minimum Gasteiger partial charge on any atom is -0.487 e. The summed E-state index contributed by atoms with van der Waals surface area (Å²) in [5, 5.41) is 2.61. The predicted molar refractivity (Wildman–Crippen MR) is 171 cm³/mol. The van der Waals surface area contributed by atoms with E-state index in [1.165, 1.54) is 0 Å². The van der Waals surface area contributed by atoms with Crippen molar-refractivity contribution in [3.8, 4) is 5.75 Å². The minimum atomic E-state index is -4.26. The fourth-order valence-electron chi connectivity index (χ4n) is 5.75. The van der Waals surface area contributed by atoms with E-state index in [0.29, 0.717) is 16.9 Å². The molecule has 0 spiro atoms. The Morgan fingerprint density at radius 1 is 0.932 bits per heavy atom. The molecule has 9 nitrogen and oxygen atoms in total. The number of nitrogens with one attached hydrogen (secondary N) is 1. The van der Waals surface area contributed by atoms with Gasteiger partial charge in [-0.05, 0) is 77.6 Å². The number of hydrogen-bond donors (Lipinski definition) is 1. The van der Waals surface area contributed by atoms with Crippen LogP contribution in [0.3, 0.4) is 0 Å². The first-order chi connectivity index (χ1) is 20.0. The summed E-state index contributed by atoms with van der Waals surface area (Å²) in [7, 11) is -4.26. The molecule has 10 heteroatoms. The fourth-order valence-corrected chi connectivity index (χ4v) is 7.64. The number of hydrogen-bond acceptors (Lipinski definition) is 7. The van der Waals surface area contributed by atoms with E-state index < -0.39 is 45.2 Å². The van der Waals surface area contributed by atoms with E-state index in [0.717, 1.165) is 21.0 Å². The Morgan fingerprint density at radius 3 is 2.09 bits per heavy atom. The molecule has 2 aromatic rings. The molecule has 1 heterocycles. The monoisotopic (exact) mass is 630 g/mol. The number of amides is 1. The third kappa shape index (κ3) is 6.91. The molecule has 244 valence electrons. The lowest BCUT2D eigenvalue weighted by molar-refractivity contribution is -0.145. The fraction of sp³-hybridized carbons (Fsp3) is 0.588.